The number of hydrogen-bond donors (Lipinski definition) is 0. The maximum atomic E-state index is 4.40. The van der Waals surface area contributed by atoms with Crippen molar-refractivity contribution < 1.29 is 0 Å². The fourth-order valence-electron chi connectivity index (χ4n) is 1.64. The van der Waals surface area contributed by atoms with E-state index in [4.69, 9.17) is 0 Å². The molecule has 0 aliphatic rings. The van der Waals surface area contributed by atoms with Crippen molar-refractivity contribution in [3.05, 3.63) is 35.9 Å². The van der Waals surface area contributed by atoms with Gasteiger partial charge in [0.05, 0.1) is 11.2 Å². The molecule has 0 atom stereocenters. The van der Waals surface area contributed by atoms with Crippen LogP contribution in [0, 0.1) is 6.92 Å². The predicted octanol–water partition coefficient (Wildman–Crippen LogP) is 2.77. The maximum Gasteiger partial charge on any atom is 0.0672 e. The highest BCUT2D eigenvalue weighted by Gasteiger charge is 2.06. The third-order valence-electron chi connectivity index (χ3n) is 2.24. The predicted molar refractivity (Wildman–Crippen MR) is 54.0 cm³/mol. The first kappa shape index (κ1) is 8.30. The molecule has 0 spiro atoms. The van der Waals surface area contributed by atoms with Crippen LogP contribution in [-0.2, 0) is 0 Å². The Morgan fingerprint density at radius 1 is 1.38 bits per heavy atom. The molecule has 0 bridgehead atoms. The van der Waals surface area contributed by atoms with Gasteiger partial charge in [-0.05, 0) is 24.5 Å². The summed E-state index contributed by atoms with van der Waals surface area (Å²) in [5.41, 5.74) is 3.69. The molecule has 2 rings (SSSR count). The highest BCUT2D eigenvalue weighted by molar-refractivity contribution is 5.55. The Morgan fingerprint density at radius 2 is 2.15 bits per heavy atom. The Labute approximate surface area is 78.2 Å². The van der Waals surface area contributed by atoms with Crippen LogP contribution in [-0.4, -0.2) is 9.38 Å². The van der Waals surface area contributed by atoms with Crippen LogP contribution < -0.4 is 0 Å². The van der Waals surface area contributed by atoms with Gasteiger partial charge in [0.1, 0.15) is 0 Å². The lowest BCUT2D eigenvalue weighted by atomic mass is 10.1. The fraction of sp³-hybridized carbons (Fsp3) is 0.364. The zero-order chi connectivity index (χ0) is 9.42. The minimum atomic E-state index is 0.484. The van der Waals surface area contributed by atoms with Gasteiger partial charge in [0.2, 0.25) is 0 Å². The zero-order valence-electron chi connectivity index (χ0n) is 8.28. The van der Waals surface area contributed by atoms with E-state index in [1.165, 1.54) is 16.8 Å². The normalized spacial score (nSPS) is 11.4. The third kappa shape index (κ3) is 1.32. The fourth-order valence-corrected chi connectivity index (χ4v) is 1.64. The van der Waals surface area contributed by atoms with Gasteiger partial charge in [-0.25, -0.2) is 0 Å². The number of aromatic nitrogens is 2. The van der Waals surface area contributed by atoms with E-state index >= 15 is 0 Å². The molecule has 0 N–H and O–H groups in total. The van der Waals surface area contributed by atoms with Gasteiger partial charge in [-0.2, -0.15) is 0 Å². The van der Waals surface area contributed by atoms with Crippen molar-refractivity contribution in [3.8, 4) is 0 Å². The van der Waals surface area contributed by atoms with E-state index in [9.17, 15) is 0 Å². The van der Waals surface area contributed by atoms with Gasteiger partial charge < -0.3 is 4.40 Å². The van der Waals surface area contributed by atoms with Crippen molar-refractivity contribution in [2.24, 2.45) is 0 Å². The highest BCUT2D eigenvalue weighted by atomic mass is 14.9. The Hall–Kier alpha value is -1.31. The van der Waals surface area contributed by atoms with Gasteiger partial charge in [-0.3, -0.25) is 4.98 Å². The summed E-state index contributed by atoms with van der Waals surface area (Å²) >= 11 is 0. The van der Waals surface area contributed by atoms with Crippen LogP contribution in [0.15, 0.2) is 24.7 Å². The molecule has 2 aromatic rings. The summed E-state index contributed by atoms with van der Waals surface area (Å²) in [7, 11) is 0. The number of rotatable bonds is 1. The molecular weight excluding hydrogens is 160 g/mol. The Kier molecular flexibility index (Phi) is 1.83. The van der Waals surface area contributed by atoms with Crippen molar-refractivity contribution in [2.45, 2.75) is 26.7 Å². The molecule has 0 aliphatic carbocycles. The molecule has 68 valence electrons. The molecule has 13 heavy (non-hydrogen) atoms. The molecule has 2 heteroatoms. The maximum absolute atomic E-state index is 4.40. The van der Waals surface area contributed by atoms with Gasteiger partial charge in [-0.15, -0.1) is 0 Å². The zero-order valence-corrected chi connectivity index (χ0v) is 8.28. The largest absolute Gasteiger partial charge is 0.320 e. The lowest BCUT2D eigenvalue weighted by Gasteiger charge is -2.05. The van der Waals surface area contributed by atoms with Crippen molar-refractivity contribution in [3.63, 3.8) is 0 Å². The lowest BCUT2D eigenvalue weighted by Crippen LogP contribution is -1.95. The monoisotopic (exact) mass is 174 g/mol. The molecule has 0 unspecified atom stereocenters. The number of nitrogens with zero attached hydrogens (tertiary/aromatic N) is 2. The van der Waals surface area contributed by atoms with Crippen LogP contribution >= 0.6 is 0 Å². The Balaban J connectivity index is 2.75. The van der Waals surface area contributed by atoms with Crippen LogP contribution in [0.4, 0.5) is 0 Å². The van der Waals surface area contributed by atoms with Crippen LogP contribution in [0.25, 0.3) is 5.52 Å². The highest BCUT2D eigenvalue weighted by Crippen LogP contribution is 2.19. The first-order chi connectivity index (χ1) is 6.18. The van der Waals surface area contributed by atoms with E-state index in [1.807, 2.05) is 12.4 Å². The molecule has 0 amide bonds. The molecule has 2 heterocycles. The molecular formula is C11H14N2. The van der Waals surface area contributed by atoms with Gasteiger partial charge in [0.25, 0.3) is 0 Å². The van der Waals surface area contributed by atoms with Crippen molar-refractivity contribution in [1.82, 2.24) is 9.38 Å². The van der Waals surface area contributed by atoms with Gasteiger partial charge in [0, 0.05) is 18.6 Å². The quantitative estimate of drug-likeness (QED) is 0.649. The summed E-state index contributed by atoms with van der Waals surface area (Å²) in [5, 5.41) is 0. The van der Waals surface area contributed by atoms with E-state index in [1.54, 1.807) is 0 Å². The molecule has 0 saturated carbocycles. The van der Waals surface area contributed by atoms with Crippen molar-refractivity contribution in [2.75, 3.05) is 0 Å². The van der Waals surface area contributed by atoms with Gasteiger partial charge in [0.15, 0.2) is 0 Å². The molecule has 0 aromatic carbocycles. The van der Waals surface area contributed by atoms with Crippen LogP contribution in [0.3, 0.4) is 0 Å². The molecule has 2 aromatic heterocycles. The number of fused-ring (bicyclic) bond motifs is 1. The first-order valence-electron chi connectivity index (χ1n) is 4.61. The van der Waals surface area contributed by atoms with E-state index < -0.39 is 0 Å². The van der Waals surface area contributed by atoms with E-state index in [0.29, 0.717) is 5.92 Å². The summed E-state index contributed by atoms with van der Waals surface area (Å²) < 4.78 is 2.14. The van der Waals surface area contributed by atoms with E-state index in [0.717, 1.165) is 0 Å². The minimum absolute atomic E-state index is 0.484. The summed E-state index contributed by atoms with van der Waals surface area (Å²) in [6.07, 6.45) is 5.98. The second kappa shape index (κ2) is 2.87. The Bertz CT molecular complexity index is 427. The van der Waals surface area contributed by atoms with Crippen molar-refractivity contribution in [1.29, 1.82) is 0 Å². The molecule has 0 radical (unpaired) electrons. The molecule has 0 fully saturated rings. The summed E-state index contributed by atoms with van der Waals surface area (Å²) in [6.45, 7) is 6.45. The number of aryl methyl sites for hydroxylation is 1. The molecule has 2 nitrogen and oxygen atoms in total. The van der Waals surface area contributed by atoms with Crippen LogP contribution in [0.1, 0.15) is 31.0 Å². The Morgan fingerprint density at radius 3 is 2.85 bits per heavy atom. The smallest absolute Gasteiger partial charge is 0.0672 e. The summed E-state index contributed by atoms with van der Waals surface area (Å²) in [6, 6.07) is 2.18. The average Bonchev–Trinajstić information content (AvgIpc) is 2.43. The van der Waals surface area contributed by atoms with Crippen LogP contribution in [0.2, 0.25) is 0 Å². The van der Waals surface area contributed by atoms with E-state index in [-0.39, 0.29) is 0 Å². The lowest BCUT2D eigenvalue weighted by molar-refractivity contribution is 0.822. The van der Waals surface area contributed by atoms with Crippen molar-refractivity contribution >= 4 is 5.52 Å². The topological polar surface area (TPSA) is 17.3 Å². The molecule has 0 saturated heterocycles. The molecule has 0 aliphatic heterocycles. The minimum Gasteiger partial charge on any atom is -0.320 e. The SMILES string of the molecule is Cc1cc2c(C(C)C)nccn2c1. The van der Waals surface area contributed by atoms with Gasteiger partial charge >= 0.3 is 0 Å². The number of hydrogen-bond acceptors (Lipinski definition) is 1. The summed E-state index contributed by atoms with van der Waals surface area (Å²) in [4.78, 5) is 4.40. The first-order valence-corrected chi connectivity index (χ1v) is 4.61. The standard InChI is InChI=1S/C11H14N2/c1-8(2)11-10-6-9(3)7-13(10)5-4-12-11/h4-8H,1-3H3. The second-order valence-corrected chi connectivity index (χ2v) is 3.78. The van der Waals surface area contributed by atoms with Crippen LogP contribution in [0.5, 0.6) is 0 Å². The second-order valence-electron chi connectivity index (χ2n) is 3.78. The average molecular weight is 174 g/mol. The van der Waals surface area contributed by atoms with E-state index in [2.05, 4.69) is 42.4 Å². The summed E-state index contributed by atoms with van der Waals surface area (Å²) in [5.74, 6) is 0.484. The third-order valence-corrected chi connectivity index (χ3v) is 2.24. The van der Waals surface area contributed by atoms with Gasteiger partial charge in [-0.1, -0.05) is 13.8 Å².